The molecule has 0 bridgehead atoms. The van der Waals surface area contributed by atoms with Gasteiger partial charge in [0.15, 0.2) is 0 Å². The fraction of sp³-hybridized carbons (Fsp3) is 0.269. The zero-order valence-electron chi connectivity index (χ0n) is 19.1. The maximum absolute atomic E-state index is 12.8. The predicted octanol–water partition coefficient (Wildman–Crippen LogP) is 3.42. The number of benzene rings is 2. The molecule has 1 aliphatic rings. The number of carbonyl (C=O) groups excluding carboxylic acids is 1. The monoisotopic (exact) mass is 457 g/mol. The minimum Gasteiger partial charge on any atom is -0.497 e. The molecular weight excluding hydrogens is 430 g/mol. The van der Waals surface area contributed by atoms with E-state index >= 15 is 0 Å². The number of hydrogen-bond acceptors (Lipinski definition) is 6. The van der Waals surface area contributed by atoms with Gasteiger partial charge in [-0.05, 0) is 54.1 Å². The van der Waals surface area contributed by atoms with Crippen LogP contribution in [0.5, 0.6) is 5.75 Å². The molecule has 8 heteroatoms. The lowest BCUT2D eigenvalue weighted by molar-refractivity contribution is -0.132. The van der Waals surface area contributed by atoms with Crippen LogP contribution in [0.4, 0.5) is 0 Å². The first-order valence-electron chi connectivity index (χ1n) is 11.4. The zero-order valence-corrected chi connectivity index (χ0v) is 19.1. The maximum atomic E-state index is 12.8. The topological polar surface area (TPSA) is 76.6 Å². The molecule has 8 nitrogen and oxygen atoms in total. The van der Waals surface area contributed by atoms with Crippen molar-refractivity contribution in [1.82, 2.24) is 24.5 Å². The van der Waals surface area contributed by atoms with Crippen LogP contribution in [0.2, 0.25) is 0 Å². The van der Waals surface area contributed by atoms with Crippen molar-refractivity contribution in [3.63, 3.8) is 0 Å². The van der Waals surface area contributed by atoms with Gasteiger partial charge in [-0.1, -0.05) is 17.3 Å². The van der Waals surface area contributed by atoms with Gasteiger partial charge in [-0.3, -0.25) is 9.69 Å². The number of rotatable bonds is 7. The number of methoxy groups -OCH3 is 1. The van der Waals surface area contributed by atoms with E-state index in [4.69, 9.17) is 9.26 Å². The molecule has 1 amide bonds. The largest absolute Gasteiger partial charge is 0.497 e. The fourth-order valence-electron chi connectivity index (χ4n) is 4.10. The van der Waals surface area contributed by atoms with Gasteiger partial charge in [-0.15, -0.1) is 0 Å². The van der Waals surface area contributed by atoms with Crippen molar-refractivity contribution in [2.45, 2.75) is 13.0 Å². The highest BCUT2D eigenvalue weighted by atomic mass is 16.5. The van der Waals surface area contributed by atoms with Gasteiger partial charge in [-0.2, -0.15) is 4.98 Å². The molecule has 0 spiro atoms. The van der Waals surface area contributed by atoms with Crippen molar-refractivity contribution in [3.8, 4) is 22.8 Å². The molecule has 1 saturated heterocycles. The Bertz CT molecular complexity index is 1210. The van der Waals surface area contributed by atoms with E-state index in [1.165, 1.54) is 0 Å². The van der Waals surface area contributed by atoms with Crippen molar-refractivity contribution in [3.05, 3.63) is 84.5 Å². The van der Waals surface area contributed by atoms with Crippen LogP contribution < -0.4 is 4.74 Å². The molecule has 174 valence electrons. The molecular formula is C26H27N5O3. The minimum absolute atomic E-state index is 0.160. The number of ether oxygens (including phenoxy) is 1. The Kier molecular flexibility index (Phi) is 6.40. The van der Waals surface area contributed by atoms with E-state index in [1.807, 2.05) is 82.5 Å². The molecule has 0 aliphatic carbocycles. The highest BCUT2D eigenvalue weighted by molar-refractivity contribution is 5.79. The summed E-state index contributed by atoms with van der Waals surface area (Å²) in [7, 11) is 1.64. The third-order valence-electron chi connectivity index (χ3n) is 6.09. The van der Waals surface area contributed by atoms with Crippen molar-refractivity contribution in [2.75, 3.05) is 33.3 Å². The number of hydrogen-bond donors (Lipinski definition) is 0. The van der Waals surface area contributed by atoms with E-state index in [0.29, 0.717) is 37.8 Å². The molecule has 0 unspecified atom stereocenters. The van der Waals surface area contributed by atoms with Crippen molar-refractivity contribution in [2.24, 2.45) is 0 Å². The van der Waals surface area contributed by atoms with E-state index in [0.717, 1.165) is 35.7 Å². The Hall–Kier alpha value is -3.91. The fourth-order valence-corrected chi connectivity index (χ4v) is 4.10. The van der Waals surface area contributed by atoms with E-state index < -0.39 is 0 Å². The van der Waals surface area contributed by atoms with Crippen molar-refractivity contribution >= 4 is 5.91 Å². The summed E-state index contributed by atoms with van der Waals surface area (Å²) in [6, 6.07) is 19.7. The Morgan fingerprint density at radius 1 is 0.971 bits per heavy atom. The molecule has 0 atom stereocenters. The van der Waals surface area contributed by atoms with Crippen LogP contribution in [0.15, 0.2) is 77.6 Å². The maximum Gasteiger partial charge on any atom is 0.241 e. The number of amides is 1. The normalized spacial score (nSPS) is 14.3. The standard InChI is InChI=1S/C26H27N5O3/c1-33-23-10-6-21(7-11-23)26-27-24(34-28-26)19-29-14-16-31(17-15-29)25(32)18-20-4-8-22(9-5-20)30-12-2-3-13-30/h2-13H,14-19H2,1H3. The molecule has 0 saturated carbocycles. The van der Waals surface area contributed by atoms with Crippen LogP contribution >= 0.6 is 0 Å². The van der Waals surface area contributed by atoms with Gasteiger partial charge in [0.1, 0.15) is 5.75 Å². The zero-order chi connectivity index (χ0) is 23.3. The molecule has 2 aromatic carbocycles. The summed E-state index contributed by atoms with van der Waals surface area (Å²) in [4.78, 5) is 21.5. The Morgan fingerprint density at radius 3 is 2.35 bits per heavy atom. The second-order valence-corrected chi connectivity index (χ2v) is 8.33. The number of piperazine rings is 1. The minimum atomic E-state index is 0.160. The van der Waals surface area contributed by atoms with Crippen molar-refractivity contribution in [1.29, 1.82) is 0 Å². The number of nitrogens with zero attached hydrogens (tertiary/aromatic N) is 5. The Labute approximate surface area is 198 Å². The van der Waals surface area contributed by atoms with Gasteiger partial charge in [0, 0.05) is 49.8 Å². The smallest absolute Gasteiger partial charge is 0.241 e. The average Bonchev–Trinajstić information content (AvgIpc) is 3.58. The summed E-state index contributed by atoms with van der Waals surface area (Å²) in [5.74, 6) is 2.09. The molecule has 2 aromatic heterocycles. The van der Waals surface area contributed by atoms with Crippen LogP contribution in [-0.4, -0.2) is 63.7 Å². The summed E-state index contributed by atoms with van der Waals surface area (Å²) in [6.07, 6.45) is 4.43. The molecule has 0 radical (unpaired) electrons. The SMILES string of the molecule is COc1ccc(-c2noc(CN3CCN(C(=O)Cc4ccc(-n5cccc5)cc4)CC3)n2)cc1. The van der Waals surface area contributed by atoms with E-state index in [-0.39, 0.29) is 5.91 Å². The van der Waals surface area contributed by atoms with Crippen LogP contribution in [0.25, 0.3) is 17.1 Å². The molecule has 5 rings (SSSR count). The van der Waals surface area contributed by atoms with E-state index in [9.17, 15) is 4.79 Å². The van der Waals surface area contributed by atoms with Gasteiger partial charge in [-0.25, -0.2) is 0 Å². The van der Waals surface area contributed by atoms with Gasteiger partial charge >= 0.3 is 0 Å². The predicted molar refractivity (Wildman–Crippen MR) is 128 cm³/mol. The summed E-state index contributed by atoms with van der Waals surface area (Å²) in [5.41, 5.74) is 3.00. The molecule has 1 aliphatic heterocycles. The summed E-state index contributed by atoms with van der Waals surface area (Å²) in [5, 5.41) is 4.10. The van der Waals surface area contributed by atoms with E-state index in [1.54, 1.807) is 7.11 Å². The lowest BCUT2D eigenvalue weighted by Crippen LogP contribution is -2.48. The third kappa shape index (κ3) is 5.02. The summed E-state index contributed by atoms with van der Waals surface area (Å²) >= 11 is 0. The van der Waals surface area contributed by atoms with E-state index in [2.05, 4.69) is 15.0 Å². The lowest BCUT2D eigenvalue weighted by atomic mass is 10.1. The van der Waals surface area contributed by atoms with Gasteiger partial charge in [0.25, 0.3) is 0 Å². The Balaban J connectivity index is 1.11. The Morgan fingerprint density at radius 2 is 1.68 bits per heavy atom. The highest BCUT2D eigenvalue weighted by Crippen LogP contribution is 2.20. The molecule has 4 aromatic rings. The van der Waals surface area contributed by atoms with Gasteiger partial charge < -0.3 is 18.7 Å². The second-order valence-electron chi connectivity index (χ2n) is 8.33. The van der Waals surface area contributed by atoms with Crippen LogP contribution in [-0.2, 0) is 17.8 Å². The first-order valence-corrected chi connectivity index (χ1v) is 11.4. The quantitative estimate of drug-likeness (QED) is 0.423. The van der Waals surface area contributed by atoms with Crippen LogP contribution in [0.1, 0.15) is 11.5 Å². The van der Waals surface area contributed by atoms with Crippen molar-refractivity contribution < 1.29 is 14.1 Å². The first-order chi connectivity index (χ1) is 16.7. The number of aromatic nitrogens is 3. The lowest BCUT2D eigenvalue weighted by Gasteiger charge is -2.34. The summed E-state index contributed by atoms with van der Waals surface area (Å²) < 4.78 is 12.7. The molecule has 34 heavy (non-hydrogen) atoms. The van der Waals surface area contributed by atoms with Gasteiger partial charge in [0.2, 0.25) is 17.6 Å². The third-order valence-corrected chi connectivity index (χ3v) is 6.09. The summed E-state index contributed by atoms with van der Waals surface area (Å²) in [6.45, 7) is 3.52. The molecule has 1 fully saturated rings. The first kappa shape index (κ1) is 21.9. The molecule has 3 heterocycles. The van der Waals surface area contributed by atoms with Gasteiger partial charge in [0.05, 0.1) is 20.1 Å². The second kappa shape index (κ2) is 9.93. The highest BCUT2D eigenvalue weighted by Gasteiger charge is 2.23. The van der Waals surface area contributed by atoms with Crippen LogP contribution in [0, 0.1) is 0 Å². The van der Waals surface area contributed by atoms with Crippen LogP contribution in [0.3, 0.4) is 0 Å². The number of carbonyl (C=O) groups is 1. The average molecular weight is 458 g/mol. The molecule has 0 N–H and O–H groups in total.